The smallest absolute Gasteiger partial charge is 0.321 e. The normalized spacial score (nSPS) is 12.1. The van der Waals surface area contributed by atoms with Crippen LogP contribution in [0.25, 0.3) is 0 Å². The average molecular weight is 422 g/mol. The number of esters is 1. The van der Waals surface area contributed by atoms with E-state index in [1.807, 2.05) is 6.92 Å². The number of nitrogens with zero attached hydrogens (tertiary/aromatic N) is 1. The SMILES string of the molecule is CCCOC(=O)C(C=Nc1cc(Cl)c(Cl)c(C(=O)NCC)c1Cl)C(C)=O. The maximum atomic E-state index is 12.1. The predicted octanol–water partition coefficient (Wildman–Crippen LogP) is 4.26. The van der Waals surface area contributed by atoms with E-state index in [9.17, 15) is 14.4 Å². The van der Waals surface area contributed by atoms with E-state index in [-0.39, 0.29) is 32.9 Å². The molecule has 1 amide bonds. The number of ketones is 1. The molecule has 1 unspecified atom stereocenters. The molecule has 0 aromatic heterocycles. The van der Waals surface area contributed by atoms with E-state index >= 15 is 0 Å². The van der Waals surface area contributed by atoms with Gasteiger partial charge >= 0.3 is 5.97 Å². The third kappa shape index (κ3) is 5.69. The largest absolute Gasteiger partial charge is 0.465 e. The topological polar surface area (TPSA) is 84.8 Å². The van der Waals surface area contributed by atoms with Crippen LogP contribution in [0.15, 0.2) is 11.1 Å². The summed E-state index contributed by atoms with van der Waals surface area (Å²) in [5.74, 6) is -2.83. The van der Waals surface area contributed by atoms with Gasteiger partial charge in [0, 0.05) is 12.8 Å². The molecule has 1 N–H and O–H groups in total. The highest BCUT2D eigenvalue weighted by Crippen LogP contribution is 2.38. The predicted molar refractivity (Wildman–Crippen MR) is 103 cm³/mol. The molecule has 0 bridgehead atoms. The van der Waals surface area contributed by atoms with Crippen molar-refractivity contribution in [3.8, 4) is 0 Å². The van der Waals surface area contributed by atoms with Crippen molar-refractivity contribution in [2.24, 2.45) is 10.9 Å². The van der Waals surface area contributed by atoms with Crippen LogP contribution in [0.4, 0.5) is 5.69 Å². The molecule has 9 heteroatoms. The molecule has 26 heavy (non-hydrogen) atoms. The summed E-state index contributed by atoms with van der Waals surface area (Å²) >= 11 is 18.3. The molecule has 1 atom stereocenters. The Bertz CT molecular complexity index is 735. The highest BCUT2D eigenvalue weighted by molar-refractivity contribution is 6.47. The van der Waals surface area contributed by atoms with Crippen LogP contribution in [0.5, 0.6) is 0 Å². The van der Waals surface area contributed by atoms with Gasteiger partial charge in [-0.3, -0.25) is 19.4 Å². The minimum atomic E-state index is -1.18. The Morgan fingerprint density at radius 2 is 1.88 bits per heavy atom. The summed E-state index contributed by atoms with van der Waals surface area (Å²) in [5.41, 5.74) is 0.0830. The Kier molecular flexibility index (Phi) is 9.05. The number of carbonyl (C=O) groups is 3. The lowest BCUT2D eigenvalue weighted by Gasteiger charge is -2.12. The van der Waals surface area contributed by atoms with Crippen LogP contribution in [-0.2, 0) is 14.3 Å². The third-order valence-electron chi connectivity index (χ3n) is 3.20. The first-order valence-electron chi connectivity index (χ1n) is 7.91. The maximum Gasteiger partial charge on any atom is 0.321 e. The summed E-state index contributed by atoms with van der Waals surface area (Å²) in [4.78, 5) is 39.9. The second kappa shape index (κ2) is 10.5. The zero-order chi connectivity index (χ0) is 19.9. The van der Waals surface area contributed by atoms with Gasteiger partial charge in [0.25, 0.3) is 5.91 Å². The average Bonchev–Trinajstić information content (AvgIpc) is 2.57. The van der Waals surface area contributed by atoms with Crippen molar-refractivity contribution in [3.05, 3.63) is 26.7 Å². The molecular weight excluding hydrogens is 403 g/mol. The summed E-state index contributed by atoms with van der Waals surface area (Å²) in [6.07, 6.45) is 1.75. The molecule has 0 aliphatic carbocycles. The summed E-state index contributed by atoms with van der Waals surface area (Å²) in [7, 11) is 0. The fraction of sp³-hybridized carbons (Fsp3) is 0.412. The highest BCUT2D eigenvalue weighted by Gasteiger charge is 2.24. The van der Waals surface area contributed by atoms with E-state index in [1.54, 1.807) is 6.92 Å². The van der Waals surface area contributed by atoms with E-state index in [2.05, 4.69) is 10.3 Å². The standard InChI is InChI=1S/C17H19Cl3N2O4/c1-4-6-26-17(25)10(9(3)23)8-22-12-7-11(18)14(19)13(15(12)20)16(24)21-5-2/h7-8,10H,4-6H2,1-3H3,(H,21,24). The molecule has 0 radical (unpaired) electrons. The van der Waals surface area contributed by atoms with Crippen LogP contribution in [0.3, 0.4) is 0 Å². The van der Waals surface area contributed by atoms with Gasteiger partial charge in [0.05, 0.1) is 32.9 Å². The van der Waals surface area contributed by atoms with Crippen molar-refractivity contribution >= 4 is 64.4 Å². The summed E-state index contributed by atoms with van der Waals surface area (Å²) in [6.45, 7) is 5.39. The van der Waals surface area contributed by atoms with E-state index in [0.717, 1.165) is 6.21 Å². The van der Waals surface area contributed by atoms with Crippen molar-refractivity contribution in [1.82, 2.24) is 5.32 Å². The Labute approximate surface area is 166 Å². The number of carbonyl (C=O) groups excluding carboxylic acids is 3. The summed E-state index contributed by atoms with van der Waals surface area (Å²) in [5, 5.41) is 2.60. The van der Waals surface area contributed by atoms with Gasteiger partial charge in [0.2, 0.25) is 0 Å². The van der Waals surface area contributed by atoms with Crippen LogP contribution in [-0.4, -0.2) is 37.0 Å². The number of hydrogen-bond acceptors (Lipinski definition) is 5. The molecule has 0 saturated heterocycles. The monoisotopic (exact) mass is 420 g/mol. The molecule has 0 aliphatic heterocycles. The molecule has 6 nitrogen and oxygen atoms in total. The van der Waals surface area contributed by atoms with E-state index in [4.69, 9.17) is 39.5 Å². The Morgan fingerprint density at radius 3 is 2.42 bits per heavy atom. The Hall–Kier alpha value is -1.63. The lowest BCUT2D eigenvalue weighted by molar-refractivity contribution is -0.148. The maximum absolute atomic E-state index is 12.1. The van der Waals surface area contributed by atoms with Crippen LogP contribution < -0.4 is 5.32 Å². The number of aliphatic imine (C=N–C) groups is 1. The van der Waals surface area contributed by atoms with Crippen molar-refractivity contribution in [2.75, 3.05) is 13.2 Å². The molecule has 0 spiro atoms. The zero-order valence-corrected chi connectivity index (χ0v) is 16.8. The number of amides is 1. The lowest BCUT2D eigenvalue weighted by Crippen LogP contribution is -2.26. The fourth-order valence-corrected chi connectivity index (χ4v) is 2.68. The van der Waals surface area contributed by atoms with Gasteiger partial charge in [-0.1, -0.05) is 41.7 Å². The van der Waals surface area contributed by atoms with Gasteiger partial charge in [0.1, 0.15) is 5.78 Å². The van der Waals surface area contributed by atoms with Crippen molar-refractivity contribution in [1.29, 1.82) is 0 Å². The first kappa shape index (κ1) is 22.4. The van der Waals surface area contributed by atoms with Crippen LogP contribution in [0, 0.1) is 5.92 Å². The van der Waals surface area contributed by atoms with E-state index in [1.165, 1.54) is 13.0 Å². The molecule has 1 aromatic rings. The number of hydrogen-bond donors (Lipinski definition) is 1. The zero-order valence-electron chi connectivity index (χ0n) is 14.6. The van der Waals surface area contributed by atoms with E-state index < -0.39 is 23.6 Å². The van der Waals surface area contributed by atoms with Gasteiger partial charge < -0.3 is 10.1 Å². The molecular formula is C17H19Cl3N2O4. The minimum absolute atomic E-state index is 0.00737. The van der Waals surface area contributed by atoms with Crippen molar-refractivity contribution in [3.63, 3.8) is 0 Å². The fourth-order valence-electron chi connectivity index (χ4n) is 1.91. The lowest BCUT2D eigenvalue weighted by atomic mass is 10.1. The summed E-state index contributed by atoms with van der Waals surface area (Å²) in [6, 6.07) is 1.35. The van der Waals surface area contributed by atoms with Gasteiger partial charge in [0.15, 0.2) is 5.92 Å². The molecule has 0 saturated carbocycles. The van der Waals surface area contributed by atoms with Crippen LogP contribution in [0.2, 0.25) is 15.1 Å². The van der Waals surface area contributed by atoms with Crippen molar-refractivity contribution < 1.29 is 19.1 Å². The number of ether oxygens (including phenoxy) is 1. The first-order chi connectivity index (χ1) is 12.2. The quantitative estimate of drug-likeness (QED) is 0.294. The number of rotatable bonds is 8. The van der Waals surface area contributed by atoms with Gasteiger partial charge in [-0.25, -0.2) is 0 Å². The van der Waals surface area contributed by atoms with Gasteiger partial charge in [-0.15, -0.1) is 0 Å². The number of nitrogens with one attached hydrogen (secondary N) is 1. The highest BCUT2D eigenvalue weighted by atomic mass is 35.5. The Morgan fingerprint density at radius 1 is 1.23 bits per heavy atom. The van der Waals surface area contributed by atoms with Crippen molar-refractivity contribution in [2.45, 2.75) is 27.2 Å². The van der Waals surface area contributed by atoms with Gasteiger partial charge in [-0.2, -0.15) is 0 Å². The number of benzene rings is 1. The van der Waals surface area contributed by atoms with E-state index in [0.29, 0.717) is 13.0 Å². The second-order valence-corrected chi connectivity index (χ2v) is 6.44. The number of Topliss-reactive ketones (excluding diaryl/α,β-unsaturated/α-hetero) is 1. The van der Waals surface area contributed by atoms with Crippen LogP contribution in [0.1, 0.15) is 37.6 Å². The van der Waals surface area contributed by atoms with Gasteiger partial charge in [-0.05, 0) is 26.3 Å². The summed E-state index contributed by atoms with van der Waals surface area (Å²) < 4.78 is 4.97. The molecule has 1 aromatic carbocycles. The molecule has 0 fully saturated rings. The third-order valence-corrected chi connectivity index (χ3v) is 4.37. The van der Waals surface area contributed by atoms with Crippen LogP contribution >= 0.6 is 34.8 Å². The molecule has 0 aliphatic rings. The first-order valence-corrected chi connectivity index (χ1v) is 9.04. The minimum Gasteiger partial charge on any atom is -0.465 e. The molecule has 142 valence electrons. The molecule has 0 heterocycles. The number of halogens is 3. The second-order valence-electron chi connectivity index (χ2n) is 5.27. The Balaban J connectivity index is 3.26. The molecule has 1 rings (SSSR count).